The lowest BCUT2D eigenvalue weighted by atomic mass is 10.2. The van der Waals surface area contributed by atoms with Crippen molar-refractivity contribution in [3.05, 3.63) is 57.0 Å². The smallest absolute Gasteiger partial charge is 0.255 e. The average Bonchev–Trinajstić information content (AvgIpc) is 2.43. The molecule has 122 valence electrons. The van der Waals surface area contributed by atoms with Crippen LogP contribution in [0.2, 0.25) is 15.1 Å². The van der Waals surface area contributed by atoms with Crippen molar-refractivity contribution in [1.29, 1.82) is 0 Å². The van der Waals surface area contributed by atoms with Crippen molar-refractivity contribution in [2.75, 3.05) is 16.3 Å². The summed E-state index contributed by atoms with van der Waals surface area (Å²) in [5, 5.41) is 3.28. The van der Waals surface area contributed by atoms with Crippen LogP contribution in [0.5, 0.6) is 0 Å². The number of sulfonamides is 1. The van der Waals surface area contributed by atoms with Gasteiger partial charge in [0.1, 0.15) is 0 Å². The Bertz CT molecular complexity index is 849. The van der Waals surface area contributed by atoms with Crippen LogP contribution in [0.4, 0.5) is 11.4 Å². The first kappa shape index (κ1) is 17.9. The summed E-state index contributed by atoms with van der Waals surface area (Å²) in [5.41, 5.74) is 0.696. The third kappa shape index (κ3) is 4.75. The van der Waals surface area contributed by atoms with Crippen LogP contribution in [0.25, 0.3) is 0 Å². The van der Waals surface area contributed by atoms with Gasteiger partial charge in [-0.05, 0) is 30.3 Å². The van der Waals surface area contributed by atoms with Gasteiger partial charge in [0, 0.05) is 5.56 Å². The highest BCUT2D eigenvalue weighted by Crippen LogP contribution is 2.31. The number of amides is 1. The topological polar surface area (TPSA) is 75.3 Å². The van der Waals surface area contributed by atoms with Gasteiger partial charge in [-0.2, -0.15) is 0 Å². The van der Waals surface area contributed by atoms with Crippen LogP contribution in [0, 0.1) is 0 Å². The first-order valence-electron chi connectivity index (χ1n) is 6.20. The van der Waals surface area contributed by atoms with Crippen molar-refractivity contribution in [2.45, 2.75) is 0 Å². The highest BCUT2D eigenvalue weighted by Gasteiger charge is 2.14. The van der Waals surface area contributed by atoms with Crippen molar-refractivity contribution in [2.24, 2.45) is 0 Å². The number of hydrogen-bond acceptors (Lipinski definition) is 3. The summed E-state index contributed by atoms with van der Waals surface area (Å²) in [7, 11) is -3.46. The molecule has 0 saturated heterocycles. The highest BCUT2D eigenvalue weighted by atomic mass is 35.5. The highest BCUT2D eigenvalue weighted by molar-refractivity contribution is 7.92. The Morgan fingerprint density at radius 1 is 1.00 bits per heavy atom. The number of rotatable bonds is 4. The summed E-state index contributed by atoms with van der Waals surface area (Å²) in [6.07, 6.45) is 1.00. The van der Waals surface area contributed by atoms with Gasteiger partial charge >= 0.3 is 0 Å². The van der Waals surface area contributed by atoms with Crippen molar-refractivity contribution in [3.63, 3.8) is 0 Å². The zero-order chi connectivity index (χ0) is 17.2. The van der Waals surface area contributed by atoms with E-state index in [-0.39, 0.29) is 22.0 Å². The van der Waals surface area contributed by atoms with Gasteiger partial charge in [-0.15, -0.1) is 0 Å². The molecule has 9 heteroatoms. The Balaban J connectivity index is 2.25. The van der Waals surface area contributed by atoms with Crippen LogP contribution in [0.3, 0.4) is 0 Å². The molecule has 0 heterocycles. The van der Waals surface area contributed by atoms with Gasteiger partial charge in [0.2, 0.25) is 10.0 Å². The Morgan fingerprint density at radius 3 is 2.13 bits per heavy atom. The lowest BCUT2D eigenvalue weighted by Crippen LogP contribution is -2.14. The van der Waals surface area contributed by atoms with Crippen molar-refractivity contribution >= 4 is 62.1 Å². The number of hydrogen-bond donors (Lipinski definition) is 2. The predicted molar refractivity (Wildman–Crippen MR) is 94.3 cm³/mol. The lowest BCUT2D eigenvalue weighted by molar-refractivity contribution is 0.102. The van der Waals surface area contributed by atoms with Crippen LogP contribution in [-0.2, 0) is 10.0 Å². The Kier molecular flexibility index (Phi) is 5.41. The number of anilines is 2. The summed E-state index contributed by atoms with van der Waals surface area (Å²) in [6, 6.07) is 9.01. The molecule has 0 aliphatic heterocycles. The molecule has 2 aromatic rings. The molecule has 1 amide bonds. The van der Waals surface area contributed by atoms with E-state index in [4.69, 9.17) is 34.8 Å². The van der Waals surface area contributed by atoms with E-state index < -0.39 is 15.9 Å². The van der Waals surface area contributed by atoms with E-state index in [0.29, 0.717) is 10.0 Å². The number of carbonyl (C=O) groups excluding carboxylic acids is 1. The summed E-state index contributed by atoms with van der Waals surface area (Å²) in [4.78, 5) is 12.2. The van der Waals surface area contributed by atoms with Crippen LogP contribution in [-0.4, -0.2) is 20.6 Å². The number of benzene rings is 2. The van der Waals surface area contributed by atoms with Crippen LogP contribution < -0.4 is 10.0 Å². The third-order valence-corrected chi connectivity index (χ3v) is 4.26. The second kappa shape index (κ2) is 6.97. The monoisotopic (exact) mass is 392 g/mol. The number of para-hydroxylation sites is 1. The fraction of sp³-hybridized carbons (Fsp3) is 0.0714. The minimum atomic E-state index is -3.46. The van der Waals surface area contributed by atoms with E-state index in [0.717, 1.165) is 6.26 Å². The van der Waals surface area contributed by atoms with E-state index in [1.54, 1.807) is 18.2 Å². The van der Waals surface area contributed by atoms with Gasteiger partial charge in [-0.3, -0.25) is 9.52 Å². The normalized spacial score (nSPS) is 11.1. The molecule has 0 unspecified atom stereocenters. The lowest BCUT2D eigenvalue weighted by Gasteiger charge is -2.11. The maximum atomic E-state index is 12.2. The molecule has 0 aliphatic rings. The van der Waals surface area contributed by atoms with Gasteiger partial charge < -0.3 is 5.32 Å². The number of halogens is 3. The van der Waals surface area contributed by atoms with Crippen LogP contribution in [0.1, 0.15) is 10.4 Å². The molecule has 5 nitrogen and oxygen atoms in total. The van der Waals surface area contributed by atoms with Crippen LogP contribution in [0.15, 0.2) is 36.4 Å². The summed E-state index contributed by atoms with van der Waals surface area (Å²) in [6.45, 7) is 0. The Labute approximate surface area is 148 Å². The quantitative estimate of drug-likeness (QED) is 0.814. The van der Waals surface area contributed by atoms with Gasteiger partial charge in [0.25, 0.3) is 5.91 Å². The van der Waals surface area contributed by atoms with E-state index in [1.165, 1.54) is 18.2 Å². The second-order valence-electron chi connectivity index (χ2n) is 4.62. The molecule has 23 heavy (non-hydrogen) atoms. The van der Waals surface area contributed by atoms with Crippen molar-refractivity contribution in [3.8, 4) is 0 Å². The van der Waals surface area contributed by atoms with E-state index in [9.17, 15) is 13.2 Å². The number of nitrogens with one attached hydrogen (secondary N) is 2. The molecule has 0 aliphatic carbocycles. The maximum Gasteiger partial charge on any atom is 0.255 e. The van der Waals surface area contributed by atoms with E-state index in [2.05, 4.69) is 10.0 Å². The molecular formula is C14H11Cl3N2O3S. The zero-order valence-corrected chi connectivity index (χ0v) is 14.8. The predicted octanol–water partition coefficient (Wildman–Crippen LogP) is 4.27. The Hall–Kier alpha value is -1.47. The first-order valence-corrected chi connectivity index (χ1v) is 9.22. The van der Waals surface area contributed by atoms with Gasteiger partial charge in [0.05, 0.1) is 32.7 Å². The SMILES string of the molecule is CS(=O)(=O)Nc1ccc(C(=O)Nc2c(Cl)cccc2Cl)cc1Cl. The second-order valence-corrected chi connectivity index (χ2v) is 7.59. The van der Waals surface area contributed by atoms with Gasteiger partial charge in [-0.25, -0.2) is 8.42 Å². The Morgan fingerprint density at radius 2 is 1.61 bits per heavy atom. The summed E-state index contributed by atoms with van der Waals surface area (Å²) in [5.74, 6) is -0.479. The van der Waals surface area contributed by atoms with Gasteiger partial charge in [-0.1, -0.05) is 40.9 Å². The summed E-state index contributed by atoms with van der Waals surface area (Å²) < 4.78 is 24.7. The molecule has 0 aromatic heterocycles. The fourth-order valence-electron chi connectivity index (χ4n) is 1.74. The molecular weight excluding hydrogens is 383 g/mol. The molecule has 2 aromatic carbocycles. The molecule has 0 saturated carbocycles. The minimum Gasteiger partial charge on any atom is -0.319 e. The van der Waals surface area contributed by atoms with Crippen molar-refractivity contribution in [1.82, 2.24) is 0 Å². The maximum absolute atomic E-state index is 12.2. The molecule has 2 rings (SSSR count). The van der Waals surface area contributed by atoms with Crippen molar-refractivity contribution < 1.29 is 13.2 Å². The molecule has 2 N–H and O–H groups in total. The standard InChI is InChI=1S/C14H11Cl3N2O3S/c1-23(21,22)19-12-6-5-8(7-11(12)17)14(20)18-13-9(15)3-2-4-10(13)16/h2-7,19H,1H3,(H,18,20). The molecule has 0 radical (unpaired) electrons. The van der Waals surface area contributed by atoms with E-state index >= 15 is 0 Å². The number of carbonyl (C=O) groups is 1. The first-order chi connectivity index (χ1) is 10.7. The molecule has 0 bridgehead atoms. The molecule has 0 atom stereocenters. The van der Waals surface area contributed by atoms with Crippen LogP contribution >= 0.6 is 34.8 Å². The zero-order valence-electron chi connectivity index (χ0n) is 11.7. The fourth-order valence-corrected chi connectivity index (χ4v) is 3.10. The summed E-state index contributed by atoms with van der Waals surface area (Å²) >= 11 is 18.0. The molecule has 0 spiro atoms. The third-order valence-electron chi connectivity index (χ3n) is 2.73. The molecule has 0 fully saturated rings. The average molecular weight is 394 g/mol. The van der Waals surface area contributed by atoms with Gasteiger partial charge in [0.15, 0.2) is 0 Å². The largest absolute Gasteiger partial charge is 0.319 e. The minimum absolute atomic E-state index is 0.0910. The van der Waals surface area contributed by atoms with E-state index in [1.807, 2.05) is 0 Å².